The van der Waals surface area contributed by atoms with Gasteiger partial charge in [0.25, 0.3) is 0 Å². The Hall–Kier alpha value is -1.57. The van der Waals surface area contributed by atoms with E-state index in [4.69, 9.17) is 22.9 Å². The standard InChI is InChI=1S/C14H14ClN3O/c1-9-11(15)7-10-12(8-16-2)19-14(13(10)18-9)3-5-17-6-4-14/h7-8,17H,3-6H2,1H3/b12-8+. The van der Waals surface area contributed by atoms with Crippen LogP contribution in [0.2, 0.25) is 5.02 Å². The predicted molar refractivity (Wildman–Crippen MR) is 73.4 cm³/mol. The van der Waals surface area contributed by atoms with Gasteiger partial charge in [0.2, 0.25) is 0 Å². The summed E-state index contributed by atoms with van der Waals surface area (Å²) in [5.41, 5.74) is 2.23. The number of hydrogen-bond donors (Lipinski definition) is 1. The lowest BCUT2D eigenvalue weighted by Gasteiger charge is -2.33. The fraction of sp³-hybridized carbons (Fsp3) is 0.429. The van der Waals surface area contributed by atoms with Crippen LogP contribution in [0.5, 0.6) is 0 Å². The number of pyridine rings is 1. The molecule has 0 saturated carbocycles. The van der Waals surface area contributed by atoms with Gasteiger partial charge in [-0.15, -0.1) is 0 Å². The van der Waals surface area contributed by atoms with E-state index in [0.29, 0.717) is 10.8 Å². The largest absolute Gasteiger partial charge is 0.492 e. The molecule has 0 atom stereocenters. The molecule has 0 bridgehead atoms. The maximum atomic E-state index is 7.01. The third-order valence-electron chi connectivity index (χ3n) is 3.75. The van der Waals surface area contributed by atoms with E-state index in [1.165, 1.54) is 6.20 Å². The fourth-order valence-corrected chi connectivity index (χ4v) is 2.91. The van der Waals surface area contributed by atoms with Crippen LogP contribution in [0.15, 0.2) is 12.3 Å². The summed E-state index contributed by atoms with van der Waals surface area (Å²) in [6, 6.07) is 1.87. The summed E-state index contributed by atoms with van der Waals surface area (Å²) in [6.45, 7) is 10.7. The molecule has 4 nitrogen and oxygen atoms in total. The number of hydrogen-bond acceptors (Lipinski definition) is 3. The minimum atomic E-state index is -0.382. The monoisotopic (exact) mass is 275 g/mol. The SMILES string of the molecule is [C-]#[N+]/C=C1/OC2(CCNCC2)c2nc(C)c(Cl)cc21. The van der Waals surface area contributed by atoms with Crippen LogP contribution < -0.4 is 5.32 Å². The lowest BCUT2D eigenvalue weighted by molar-refractivity contribution is 0.0170. The Morgan fingerprint density at radius 3 is 2.95 bits per heavy atom. The predicted octanol–water partition coefficient (Wildman–Crippen LogP) is 2.87. The highest BCUT2D eigenvalue weighted by atomic mass is 35.5. The van der Waals surface area contributed by atoms with Crippen molar-refractivity contribution in [1.82, 2.24) is 10.3 Å². The van der Waals surface area contributed by atoms with Gasteiger partial charge in [0.05, 0.1) is 23.0 Å². The zero-order valence-corrected chi connectivity index (χ0v) is 11.4. The van der Waals surface area contributed by atoms with Crippen LogP contribution in [0.3, 0.4) is 0 Å². The number of aromatic nitrogens is 1. The van der Waals surface area contributed by atoms with Crippen molar-refractivity contribution in [2.45, 2.75) is 25.4 Å². The van der Waals surface area contributed by atoms with E-state index in [1.807, 2.05) is 13.0 Å². The second-order valence-corrected chi connectivity index (χ2v) is 5.33. The highest BCUT2D eigenvalue weighted by molar-refractivity contribution is 6.31. The first-order valence-electron chi connectivity index (χ1n) is 6.31. The number of ether oxygens (including phenoxy) is 1. The van der Waals surface area contributed by atoms with Crippen molar-refractivity contribution in [3.8, 4) is 0 Å². The molecule has 19 heavy (non-hydrogen) atoms. The molecule has 1 spiro atoms. The zero-order chi connectivity index (χ0) is 13.5. The van der Waals surface area contributed by atoms with Gasteiger partial charge >= 0.3 is 0 Å². The van der Waals surface area contributed by atoms with Crippen LogP contribution in [0.4, 0.5) is 0 Å². The summed E-state index contributed by atoms with van der Waals surface area (Å²) < 4.78 is 6.10. The topological polar surface area (TPSA) is 38.5 Å². The van der Waals surface area contributed by atoms with Crippen LogP contribution in [-0.4, -0.2) is 18.1 Å². The van der Waals surface area contributed by atoms with Crippen molar-refractivity contribution in [1.29, 1.82) is 0 Å². The average Bonchev–Trinajstić information content (AvgIpc) is 2.66. The van der Waals surface area contributed by atoms with Crippen molar-refractivity contribution in [3.63, 3.8) is 0 Å². The molecule has 3 rings (SSSR count). The number of piperidine rings is 1. The second-order valence-electron chi connectivity index (χ2n) is 4.92. The van der Waals surface area contributed by atoms with Crippen molar-refractivity contribution in [2.75, 3.05) is 13.1 Å². The Bertz CT molecular complexity index is 597. The van der Waals surface area contributed by atoms with Gasteiger partial charge in [-0.1, -0.05) is 11.6 Å². The highest BCUT2D eigenvalue weighted by Crippen LogP contribution is 2.47. The molecule has 0 amide bonds. The van der Waals surface area contributed by atoms with E-state index in [9.17, 15) is 0 Å². The van der Waals surface area contributed by atoms with E-state index >= 15 is 0 Å². The van der Waals surface area contributed by atoms with Crippen LogP contribution in [0.25, 0.3) is 10.6 Å². The lowest BCUT2D eigenvalue weighted by Crippen LogP contribution is -2.40. The summed E-state index contributed by atoms with van der Waals surface area (Å²) in [5.74, 6) is 0.598. The minimum Gasteiger partial charge on any atom is -0.492 e. The molecule has 0 aromatic carbocycles. The maximum Gasteiger partial charge on any atom is 0.195 e. The van der Waals surface area contributed by atoms with Crippen molar-refractivity contribution >= 4 is 17.4 Å². The van der Waals surface area contributed by atoms with E-state index in [1.54, 1.807) is 0 Å². The Labute approximate surface area is 117 Å². The minimum absolute atomic E-state index is 0.382. The van der Waals surface area contributed by atoms with E-state index in [0.717, 1.165) is 42.9 Å². The number of rotatable bonds is 0. The molecule has 5 heteroatoms. The smallest absolute Gasteiger partial charge is 0.195 e. The van der Waals surface area contributed by atoms with Gasteiger partial charge in [0, 0.05) is 18.4 Å². The Morgan fingerprint density at radius 2 is 2.26 bits per heavy atom. The van der Waals surface area contributed by atoms with Gasteiger partial charge in [0.15, 0.2) is 11.8 Å². The maximum absolute atomic E-state index is 7.01. The molecular formula is C14H14ClN3O. The fourth-order valence-electron chi connectivity index (χ4n) is 2.75. The third-order valence-corrected chi connectivity index (χ3v) is 4.13. The first-order valence-corrected chi connectivity index (χ1v) is 6.68. The molecule has 98 valence electrons. The molecule has 3 heterocycles. The number of aryl methyl sites for hydroxylation is 1. The summed E-state index contributed by atoms with van der Waals surface area (Å²) in [6.07, 6.45) is 3.15. The van der Waals surface area contributed by atoms with Crippen molar-refractivity contribution < 1.29 is 4.74 Å². The lowest BCUT2D eigenvalue weighted by atomic mass is 9.88. The number of halogens is 1. The van der Waals surface area contributed by atoms with Crippen molar-refractivity contribution in [3.05, 3.63) is 45.7 Å². The normalized spacial score (nSPS) is 22.1. The molecule has 2 aliphatic heterocycles. The number of nitrogens with zero attached hydrogens (tertiary/aromatic N) is 2. The Morgan fingerprint density at radius 1 is 1.53 bits per heavy atom. The Balaban J connectivity index is 2.18. The molecule has 0 aliphatic carbocycles. The first-order chi connectivity index (χ1) is 9.16. The summed E-state index contributed by atoms with van der Waals surface area (Å²) in [7, 11) is 0. The third kappa shape index (κ3) is 1.90. The van der Waals surface area contributed by atoms with Crippen LogP contribution in [0, 0.1) is 13.5 Å². The van der Waals surface area contributed by atoms with Gasteiger partial charge in [-0.3, -0.25) is 4.98 Å². The van der Waals surface area contributed by atoms with E-state index in [-0.39, 0.29) is 5.60 Å². The van der Waals surface area contributed by atoms with Gasteiger partial charge in [-0.05, 0) is 26.1 Å². The van der Waals surface area contributed by atoms with E-state index < -0.39 is 0 Å². The molecule has 1 N–H and O–H groups in total. The molecule has 1 saturated heterocycles. The quantitative estimate of drug-likeness (QED) is 0.740. The van der Waals surface area contributed by atoms with E-state index in [2.05, 4.69) is 15.1 Å². The van der Waals surface area contributed by atoms with Gasteiger partial charge in [-0.2, -0.15) is 0 Å². The average molecular weight is 276 g/mol. The van der Waals surface area contributed by atoms with Gasteiger partial charge in [-0.25, -0.2) is 4.85 Å². The molecule has 1 aromatic rings. The van der Waals surface area contributed by atoms with Crippen molar-refractivity contribution in [2.24, 2.45) is 0 Å². The molecule has 0 unspecified atom stereocenters. The highest BCUT2D eigenvalue weighted by Gasteiger charge is 2.45. The molecule has 1 aromatic heterocycles. The van der Waals surface area contributed by atoms with Crippen LogP contribution in [-0.2, 0) is 10.3 Å². The summed E-state index contributed by atoms with van der Waals surface area (Å²) in [4.78, 5) is 7.96. The first kappa shape index (κ1) is 12.5. The summed E-state index contributed by atoms with van der Waals surface area (Å²) in [5, 5.41) is 3.94. The van der Waals surface area contributed by atoms with Gasteiger partial charge in [0.1, 0.15) is 5.76 Å². The number of fused-ring (bicyclic) bond motifs is 2. The molecular weight excluding hydrogens is 262 g/mol. The Kier molecular flexibility index (Phi) is 2.96. The number of nitrogens with one attached hydrogen (secondary N) is 1. The zero-order valence-electron chi connectivity index (χ0n) is 10.7. The second kappa shape index (κ2) is 4.52. The van der Waals surface area contributed by atoms with Crippen LogP contribution >= 0.6 is 11.6 Å². The molecule has 1 fully saturated rings. The van der Waals surface area contributed by atoms with Crippen LogP contribution in [0.1, 0.15) is 29.8 Å². The molecule has 2 aliphatic rings. The summed E-state index contributed by atoms with van der Waals surface area (Å²) >= 11 is 6.15. The molecule has 0 radical (unpaired) electrons. The van der Waals surface area contributed by atoms with Gasteiger partial charge < -0.3 is 10.1 Å².